The van der Waals surface area contributed by atoms with Crippen molar-refractivity contribution in [3.05, 3.63) is 30.0 Å². The van der Waals surface area contributed by atoms with Crippen molar-refractivity contribution < 1.29 is 9.53 Å². The molecule has 4 nitrogen and oxygen atoms in total. The first-order valence-electron chi connectivity index (χ1n) is 5.93. The Kier molecular flexibility index (Phi) is 3.03. The summed E-state index contributed by atoms with van der Waals surface area (Å²) in [6, 6.07) is 5.85. The number of aryl methyl sites for hydroxylation is 1. The molecule has 2 rings (SSSR count). The summed E-state index contributed by atoms with van der Waals surface area (Å²) in [5.41, 5.74) is 2.31. The number of carbonyl (C=O) groups excluding carboxylic acids is 1. The van der Waals surface area contributed by atoms with Gasteiger partial charge in [0.2, 0.25) is 0 Å². The molecule has 1 aromatic carbocycles. The Morgan fingerprint density at radius 3 is 2.67 bits per heavy atom. The van der Waals surface area contributed by atoms with Crippen molar-refractivity contribution in [2.45, 2.75) is 33.3 Å². The highest BCUT2D eigenvalue weighted by Gasteiger charge is 2.17. The summed E-state index contributed by atoms with van der Waals surface area (Å²) in [5, 5.41) is 3.89. The molecule has 1 amide bonds. The fraction of sp³-hybridized carbons (Fsp3) is 0.357. The first-order valence-corrected chi connectivity index (χ1v) is 5.93. The van der Waals surface area contributed by atoms with Crippen LogP contribution in [0, 0.1) is 6.92 Å². The average molecular weight is 246 g/mol. The van der Waals surface area contributed by atoms with Crippen molar-refractivity contribution in [2.24, 2.45) is 0 Å². The summed E-state index contributed by atoms with van der Waals surface area (Å²) < 4.78 is 5.23. The highest BCUT2D eigenvalue weighted by atomic mass is 16.6. The number of hydrogen-bond donors (Lipinski definition) is 2. The second kappa shape index (κ2) is 4.37. The second-order valence-corrected chi connectivity index (χ2v) is 5.31. The molecule has 2 aromatic rings. The maximum absolute atomic E-state index is 11.7. The quantitative estimate of drug-likeness (QED) is 0.803. The number of benzene rings is 1. The molecule has 0 aliphatic heterocycles. The van der Waals surface area contributed by atoms with E-state index in [-0.39, 0.29) is 0 Å². The molecule has 0 aliphatic rings. The molecular weight excluding hydrogens is 228 g/mol. The molecule has 4 heteroatoms. The van der Waals surface area contributed by atoms with Crippen LogP contribution in [-0.4, -0.2) is 16.7 Å². The Balaban J connectivity index is 2.21. The van der Waals surface area contributed by atoms with Gasteiger partial charge in [-0.1, -0.05) is 6.07 Å². The van der Waals surface area contributed by atoms with E-state index in [0.717, 1.165) is 22.2 Å². The molecule has 0 bridgehead atoms. The first kappa shape index (κ1) is 12.5. The summed E-state index contributed by atoms with van der Waals surface area (Å²) in [7, 11) is 0. The Morgan fingerprint density at radius 1 is 1.28 bits per heavy atom. The minimum atomic E-state index is -0.492. The molecule has 0 fully saturated rings. The fourth-order valence-electron chi connectivity index (χ4n) is 1.83. The smallest absolute Gasteiger partial charge is 0.412 e. The zero-order valence-corrected chi connectivity index (χ0v) is 11.1. The summed E-state index contributed by atoms with van der Waals surface area (Å²) in [6.45, 7) is 7.49. The lowest BCUT2D eigenvalue weighted by atomic mass is 10.1. The van der Waals surface area contributed by atoms with Gasteiger partial charge in [-0.05, 0) is 50.8 Å². The molecule has 0 radical (unpaired) electrons. The highest BCUT2D eigenvalue weighted by Crippen LogP contribution is 2.24. The van der Waals surface area contributed by atoms with Crippen LogP contribution >= 0.6 is 0 Å². The van der Waals surface area contributed by atoms with Gasteiger partial charge in [-0.2, -0.15) is 0 Å². The molecule has 0 saturated heterocycles. The molecular formula is C14H18N2O2. The molecule has 18 heavy (non-hydrogen) atoms. The van der Waals surface area contributed by atoms with Crippen LogP contribution in [0.25, 0.3) is 10.9 Å². The predicted molar refractivity (Wildman–Crippen MR) is 72.9 cm³/mol. The number of rotatable bonds is 1. The molecule has 0 atom stereocenters. The van der Waals surface area contributed by atoms with Gasteiger partial charge in [0.1, 0.15) is 5.60 Å². The maximum atomic E-state index is 11.7. The fourth-order valence-corrected chi connectivity index (χ4v) is 1.83. The largest absolute Gasteiger partial charge is 0.444 e. The molecule has 2 N–H and O–H groups in total. The van der Waals surface area contributed by atoms with E-state index in [9.17, 15) is 4.79 Å². The van der Waals surface area contributed by atoms with Gasteiger partial charge in [0, 0.05) is 11.9 Å². The van der Waals surface area contributed by atoms with Crippen LogP contribution in [-0.2, 0) is 4.74 Å². The number of aromatic amines is 1. The summed E-state index contributed by atoms with van der Waals surface area (Å²) in [4.78, 5) is 14.9. The third kappa shape index (κ3) is 2.64. The van der Waals surface area contributed by atoms with Crippen molar-refractivity contribution in [1.82, 2.24) is 4.98 Å². The Bertz CT molecular complexity index is 579. The summed E-state index contributed by atoms with van der Waals surface area (Å²) in [6.07, 6.45) is 1.45. The molecule has 1 aromatic heterocycles. The average Bonchev–Trinajstić information content (AvgIpc) is 2.68. The topological polar surface area (TPSA) is 54.1 Å². The van der Waals surface area contributed by atoms with Gasteiger partial charge in [-0.15, -0.1) is 0 Å². The Labute approximate surface area is 106 Å². The van der Waals surface area contributed by atoms with E-state index in [0.29, 0.717) is 0 Å². The number of H-pyrrole nitrogens is 1. The highest BCUT2D eigenvalue weighted by molar-refractivity contribution is 5.93. The Hall–Kier alpha value is -1.97. The lowest BCUT2D eigenvalue weighted by Crippen LogP contribution is -2.27. The summed E-state index contributed by atoms with van der Waals surface area (Å²) >= 11 is 0. The predicted octanol–water partition coefficient (Wildman–Crippen LogP) is 3.82. The number of fused-ring (bicyclic) bond motifs is 1. The molecule has 0 unspecified atom stereocenters. The standard InChI is InChI=1S/C14H18N2O2/c1-9-11(16-13(17)18-14(2,3)4)6-5-10-7-8-15-12(9)10/h5-8,15H,1-4H3,(H,16,17). The van der Waals surface area contributed by atoms with Gasteiger partial charge in [0.05, 0.1) is 5.52 Å². The normalized spacial score (nSPS) is 11.6. The van der Waals surface area contributed by atoms with Gasteiger partial charge in [-0.3, -0.25) is 5.32 Å². The third-order valence-corrected chi connectivity index (χ3v) is 2.62. The van der Waals surface area contributed by atoms with E-state index in [4.69, 9.17) is 4.74 Å². The van der Waals surface area contributed by atoms with E-state index in [1.54, 1.807) is 0 Å². The maximum Gasteiger partial charge on any atom is 0.412 e. The molecule has 96 valence electrons. The van der Waals surface area contributed by atoms with Crippen LogP contribution in [0.4, 0.5) is 10.5 Å². The minimum Gasteiger partial charge on any atom is -0.444 e. The van der Waals surface area contributed by atoms with Gasteiger partial charge in [0.15, 0.2) is 0 Å². The third-order valence-electron chi connectivity index (χ3n) is 2.62. The number of carbonyl (C=O) groups is 1. The number of amides is 1. The van der Waals surface area contributed by atoms with Crippen molar-refractivity contribution in [2.75, 3.05) is 5.32 Å². The van der Waals surface area contributed by atoms with Crippen LogP contribution in [0.3, 0.4) is 0 Å². The summed E-state index contributed by atoms with van der Waals surface area (Å²) in [5.74, 6) is 0. The number of aromatic nitrogens is 1. The monoisotopic (exact) mass is 246 g/mol. The number of nitrogens with one attached hydrogen (secondary N) is 2. The van der Waals surface area contributed by atoms with Crippen LogP contribution in [0.15, 0.2) is 24.4 Å². The zero-order valence-electron chi connectivity index (χ0n) is 11.1. The molecule has 1 heterocycles. The van der Waals surface area contributed by atoms with Crippen molar-refractivity contribution in [3.8, 4) is 0 Å². The van der Waals surface area contributed by atoms with Crippen LogP contribution < -0.4 is 5.32 Å². The zero-order chi connectivity index (χ0) is 13.3. The van der Waals surface area contributed by atoms with E-state index < -0.39 is 11.7 Å². The lowest BCUT2D eigenvalue weighted by molar-refractivity contribution is 0.0636. The number of ether oxygens (including phenoxy) is 1. The van der Waals surface area contributed by atoms with E-state index in [1.165, 1.54) is 0 Å². The van der Waals surface area contributed by atoms with E-state index >= 15 is 0 Å². The molecule has 0 saturated carbocycles. The van der Waals surface area contributed by atoms with Gasteiger partial charge in [-0.25, -0.2) is 4.79 Å². The Morgan fingerprint density at radius 2 is 2.00 bits per heavy atom. The lowest BCUT2D eigenvalue weighted by Gasteiger charge is -2.20. The van der Waals surface area contributed by atoms with Crippen LogP contribution in [0.2, 0.25) is 0 Å². The van der Waals surface area contributed by atoms with Crippen molar-refractivity contribution >= 4 is 22.7 Å². The van der Waals surface area contributed by atoms with Gasteiger partial charge in [0.25, 0.3) is 0 Å². The molecule has 0 aliphatic carbocycles. The minimum absolute atomic E-state index is 0.434. The van der Waals surface area contributed by atoms with Crippen molar-refractivity contribution in [3.63, 3.8) is 0 Å². The van der Waals surface area contributed by atoms with Crippen LogP contribution in [0.5, 0.6) is 0 Å². The SMILES string of the molecule is Cc1c(NC(=O)OC(C)(C)C)ccc2cc[nH]c12. The van der Waals surface area contributed by atoms with Crippen LogP contribution in [0.1, 0.15) is 26.3 Å². The van der Waals surface area contributed by atoms with E-state index in [1.807, 2.05) is 52.1 Å². The molecule has 0 spiro atoms. The number of hydrogen-bond acceptors (Lipinski definition) is 2. The van der Waals surface area contributed by atoms with Gasteiger partial charge >= 0.3 is 6.09 Å². The number of anilines is 1. The van der Waals surface area contributed by atoms with E-state index in [2.05, 4.69) is 10.3 Å². The van der Waals surface area contributed by atoms with Crippen molar-refractivity contribution in [1.29, 1.82) is 0 Å². The van der Waals surface area contributed by atoms with Gasteiger partial charge < -0.3 is 9.72 Å². The first-order chi connectivity index (χ1) is 8.37. The second-order valence-electron chi connectivity index (χ2n) is 5.31.